The lowest BCUT2D eigenvalue weighted by molar-refractivity contribution is 0.00819. The largest absolute Gasteiger partial charge is 0.453 e. The number of fused-ring (bicyclic) bond motifs is 1. The van der Waals surface area contributed by atoms with Gasteiger partial charge in [0.05, 0.1) is 5.02 Å². The molecule has 2 aromatic carbocycles. The van der Waals surface area contributed by atoms with Crippen molar-refractivity contribution >= 4 is 46.8 Å². The fourth-order valence-corrected chi connectivity index (χ4v) is 3.26. The number of benzene rings is 2. The Morgan fingerprint density at radius 2 is 1.79 bits per heavy atom. The lowest BCUT2D eigenvalue weighted by Gasteiger charge is -2.06. The number of aryl methyl sites for hydroxylation is 2. The van der Waals surface area contributed by atoms with Crippen LogP contribution in [0.1, 0.15) is 11.1 Å². The molecule has 0 atom stereocenters. The number of nitrogens with zero attached hydrogens (tertiary/aromatic N) is 3. The van der Waals surface area contributed by atoms with E-state index in [1.54, 1.807) is 0 Å². The van der Waals surface area contributed by atoms with Gasteiger partial charge in [-0.1, -0.05) is 29.3 Å². The highest BCUT2D eigenvalue weighted by molar-refractivity contribution is 7.80. The van der Waals surface area contributed by atoms with Crippen molar-refractivity contribution in [3.8, 4) is 11.6 Å². The second kappa shape index (κ2) is 9.51. The van der Waals surface area contributed by atoms with E-state index in [0.717, 1.165) is 39.8 Å². The van der Waals surface area contributed by atoms with Gasteiger partial charge in [-0.2, -0.15) is 18.4 Å². The van der Waals surface area contributed by atoms with Crippen molar-refractivity contribution in [3.63, 3.8) is 0 Å². The van der Waals surface area contributed by atoms with Gasteiger partial charge >= 0.3 is 6.68 Å². The van der Waals surface area contributed by atoms with Crippen molar-refractivity contribution < 1.29 is 17.6 Å². The minimum atomic E-state index is -3.67. The number of nitrogens with one attached hydrogen (secondary N) is 1. The Hall–Kier alpha value is -2.23. The summed E-state index contributed by atoms with van der Waals surface area (Å²) in [7, 11) is 0. The molecule has 0 bridgehead atoms. The smallest absolute Gasteiger partial charge is 0.379 e. The van der Waals surface area contributed by atoms with Crippen molar-refractivity contribution in [3.05, 3.63) is 57.6 Å². The second-order valence-electron chi connectivity index (χ2n) is 5.86. The first-order chi connectivity index (χ1) is 13.8. The monoisotopic (exact) mass is 460 g/mol. The lowest BCUT2D eigenvalue weighted by atomic mass is 10.0. The molecule has 1 N–H and O–H groups in total. The number of H-pyrrole nitrogens is 1. The summed E-state index contributed by atoms with van der Waals surface area (Å²) in [6.07, 6.45) is 1.59. The molecule has 0 aliphatic carbocycles. The van der Waals surface area contributed by atoms with E-state index in [1.165, 1.54) is 0 Å². The maximum absolute atomic E-state index is 9.67. The molecule has 0 unspecified atom stereocenters. The normalized spacial score (nSPS) is 11.0. The zero-order valence-corrected chi connectivity index (χ0v) is 16.9. The number of halogens is 5. The van der Waals surface area contributed by atoms with Crippen LogP contribution < -0.4 is 0 Å². The topological polar surface area (TPSA) is 67.6 Å². The third kappa shape index (κ3) is 5.65. The lowest BCUT2D eigenvalue weighted by Crippen LogP contribution is -1.92. The molecule has 2 aromatic heterocycles. The Morgan fingerprint density at radius 1 is 1.03 bits per heavy atom. The van der Waals surface area contributed by atoms with E-state index in [9.17, 15) is 13.2 Å². The molecule has 4 aromatic rings. The zero-order valence-electron chi connectivity index (χ0n) is 14.5. The maximum atomic E-state index is 9.67. The molecule has 4 rings (SSSR count). The molecule has 0 saturated carbocycles. The van der Waals surface area contributed by atoms with Gasteiger partial charge in [0.1, 0.15) is 5.58 Å². The quantitative estimate of drug-likeness (QED) is 0.357. The van der Waals surface area contributed by atoms with Gasteiger partial charge in [-0.15, -0.1) is 22.8 Å². The van der Waals surface area contributed by atoms with Crippen molar-refractivity contribution in [1.29, 1.82) is 0 Å². The fourth-order valence-electron chi connectivity index (χ4n) is 2.65. The summed E-state index contributed by atoms with van der Waals surface area (Å²) in [4.78, 5) is 0.773. The highest BCUT2D eigenvalue weighted by Crippen LogP contribution is 2.31. The highest BCUT2D eigenvalue weighted by atomic mass is 35.5. The summed E-state index contributed by atoms with van der Waals surface area (Å²) >= 11 is 16.8. The number of aromatic nitrogens is 4. The molecular formula is C18H13Cl2F3N4OS. The van der Waals surface area contributed by atoms with E-state index in [1.807, 2.05) is 36.4 Å². The van der Waals surface area contributed by atoms with E-state index in [0.29, 0.717) is 21.6 Å². The van der Waals surface area contributed by atoms with Gasteiger partial charge in [-0.05, 0) is 59.5 Å². The second-order valence-corrected chi connectivity index (χ2v) is 7.16. The molecule has 0 aliphatic heterocycles. The van der Waals surface area contributed by atoms with Gasteiger partial charge in [-0.3, -0.25) is 0 Å². The molecule has 0 amide bonds. The number of furan rings is 1. The van der Waals surface area contributed by atoms with Gasteiger partial charge in [0.2, 0.25) is 5.82 Å². The number of thiol groups is 1. The minimum Gasteiger partial charge on any atom is -0.453 e. The number of hydrogen-bond acceptors (Lipinski definition) is 5. The minimum absolute atomic E-state index is 0.412. The molecular weight excluding hydrogens is 448 g/mol. The van der Waals surface area contributed by atoms with Gasteiger partial charge in [0.15, 0.2) is 5.76 Å². The predicted octanol–water partition coefficient (Wildman–Crippen LogP) is 6.17. The standard InChI is InChI=1S/C17H12Cl2N4OS.CHF3/c18-12-6-11-8-15(17-20-22-23-21-17)24-14(11)7-10(12)3-1-9-2-4-16(25)13(19)5-9;2-1(3)4/h2,4-8,25H,1,3H2,(H,20,21,22,23);1H. The number of hydrogen-bond donors (Lipinski definition) is 2. The average Bonchev–Trinajstić information content (AvgIpc) is 3.31. The molecule has 0 spiro atoms. The first-order valence-electron chi connectivity index (χ1n) is 8.19. The summed E-state index contributed by atoms with van der Waals surface area (Å²) < 4.78 is 34.8. The van der Waals surface area contributed by atoms with E-state index in [4.69, 9.17) is 27.6 Å². The molecule has 0 saturated heterocycles. The Balaban J connectivity index is 0.000000552. The maximum Gasteiger partial charge on any atom is 0.379 e. The molecule has 0 radical (unpaired) electrons. The van der Waals surface area contributed by atoms with Crippen LogP contribution in [-0.4, -0.2) is 27.3 Å². The fraction of sp³-hybridized carbons (Fsp3) is 0.167. The van der Waals surface area contributed by atoms with Gasteiger partial charge in [0, 0.05) is 15.3 Å². The summed E-state index contributed by atoms with van der Waals surface area (Å²) in [5, 5.41) is 16.1. The van der Waals surface area contributed by atoms with Crippen LogP contribution in [0.2, 0.25) is 10.0 Å². The summed E-state index contributed by atoms with van der Waals surface area (Å²) in [5.74, 6) is 0.962. The van der Waals surface area contributed by atoms with E-state index in [2.05, 4.69) is 33.3 Å². The molecule has 5 nitrogen and oxygen atoms in total. The molecule has 29 heavy (non-hydrogen) atoms. The Morgan fingerprint density at radius 3 is 2.45 bits per heavy atom. The van der Waals surface area contributed by atoms with E-state index in [-0.39, 0.29) is 0 Å². The average molecular weight is 461 g/mol. The van der Waals surface area contributed by atoms with Crippen molar-refractivity contribution in [2.24, 2.45) is 0 Å². The van der Waals surface area contributed by atoms with Crippen LogP contribution in [0.5, 0.6) is 0 Å². The van der Waals surface area contributed by atoms with Gasteiger partial charge in [0.25, 0.3) is 0 Å². The number of aromatic amines is 1. The zero-order chi connectivity index (χ0) is 21.0. The van der Waals surface area contributed by atoms with Crippen LogP contribution in [0.15, 0.2) is 45.7 Å². The van der Waals surface area contributed by atoms with Crippen LogP contribution in [0.25, 0.3) is 22.6 Å². The summed E-state index contributed by atoms with van der Waals surface area (Å²) in [5.41, 5.74) is 2.88. The molecule has 11 heteroatoms. The van der Waals surface area contributed by atoms with Crippen LogP contribution in [0.4, 0.5) is 13.2 Å². The summed E-state index contributed by atoms with van der Waals surface area (Å²) in [6.45, 7) is -3.67. The molecule has 0 aliphatic rings. The van der Waals surface area contributed by atoms with Gasteiger partial charge < -0.3 is 4.42 Å². The highest BCUT2D eigenvalue weighted by Gasteiger charge is 2.13. The number of alkyl halides is 3. The Bertz CT molecular complexity index is 1100. The Labute approximate surface area is 178 Å². The third-order valence-corrected chi connectivity index (χ3v) is 5.13. The van der Waals surface area contributed by atoms with E-state index >= 15 is 0 Å². The molecule has 152 valence electrons. The third-order valence-electron chi connectivity index (χ3n) is 3.95. The van der Waals surface area contributed by atoms with E-state index < -0.39 is 6.68 Å². The van der Waals surface area contributed by atoms with Crippen LogP contribution in [0, 0.1) is 0 Å². The Kier molecular flexibility index (Phi) is 7.05. The first-order valence-corrected chi connectivity index (χ1v) is 9.39. The van der Waals surface area contributed by atoms with Crippen molar-refractivity contribution in [2.45, 2.75) is 24.4 Å². The van der Waals surface area contributed by atoms with Crippen molar-refractivity contribution in [1.82, 2.24) is 20.6 Å². The molecule has 2 heterocycles. The van der Waals surface area contributed by atoms with Crippen LogP contribution in [-0.2, 0) is 12.8 Å². The summed E-state index contributed by atoms with van der Waals surface area (Å²) in [6, 6.07) is 11.5. The molecule has 0 fully saturated rings. The number of rotatable bonds is 4. The first kappa shape index (κ1) is 21.5. The van der Waals surface area contributed by atoms with Crippen LogP contribution >= 0.6 is 35.8 Å². The van der Waals surface area contributed by atoms with Crippen molar-refractivity contribution in [2.75, 3.05) is 0 Å². The predicted molar refractivity (Wildman–Crippen MR) is 108 cm³/mol. The number of tetrazole rings is 1. The SMILES string of the molecule is FC(F)F.Sc1ccc(CCc2cc3oc(-c4nn[nH]n4)cc3cc2Cl)cc1Cl. The van der Waals surface area contributed by atoms with Gasteiger partial charge in [-0.25, -0.2) is 0 Å². The van der Waals surface area contributed by atoms with Crippen LogP contribution in [0.3, 0.4) is 0 Å².